The molecule has 2 saturated heterocycles. The molecule has 27 heavy (non-hydrogen) atoms. The van der Waals surface area contributed by atoms with Gasteiger partial charge in [-0.2, -0.15) is 13.2 Å². The van der Waals surface area contributed by atoms with Crippen molar-refractivity contribution in [2.45, 2.75) is 25.9 Å². The van der Waals surface area contributed by atoms with Gasteiger partial charge in [0.1, 0.15) is 0 Å². The van der Waals surface area contributed by atoms with E-state index in [1.54, 1.807) is 15.9 Å². The molecular formula is C19H24F3N3O2. The largest absolute Gasteiger partial charge is 0.416 e. The van der Waals surface area contributed by atoms with Gasteiger partial charge < -0.3 is 14.7 Å². The summed E-state index contributed by atoms with van der Waals surface area (Å²) in [7, 11) is 0. The average Bonchev–Trinajstić information content (AvgIpc) is 2.67. The molecule has 1 aromatic rings. The van der Waals surface area contributed by atoms with E-state index in [4.69, 9.17) is 0 Å². The Labute approximate surface area is 156 Å². The molecule has 0 atom stereocenters. The summed E-state index contributed by atoms with van der Waals surface area (Å²) in [6.07, 6.45) is -3.01. The maximum absolute atomic E-state index is 12.9. The highest BCUT2D eigenvalue weighted by molar-refractivity contribution is 5.80. The van der Waals surface area contributed by atoms with Gasteiger partial charge in [0.25, 0.3) is 0 Å². The summed E-state index contributed by atoms with van der Waals surface area (Å²) in [4.78, 5) is 29.6. The SMILES string of the molecule is CC(=O)N1CCC(C(=O)N2CCN(c3cccc(C(F)(F)F)c3)CC2)CC1. The van der Waals surface area contributed by atoms with Crippen LogP contribution in [0, 0.1) is 5.92 Å². The minimum absolute atomic E-state index is 0.0376. The van der Waals surface area contributed by atoms with Crippen LogP contribution in [0.5, 0.6) is 0 Å². The standard InChI is InChI=1S/C19H24F3N3O2/c1-14(26)23-7-5-15(6-8-23)18(27)25-11-9-24(10-12-25)17-4-2-3-16(13-17)19(20,21)22/h2-4,13,15H,5-12H2,1H3. The molecule has 0 aliphatic carbocycles. The maximum Gasteiger partial charge on any atom is 0.416 e. The van der Waals surface area contributed by atoms with Crippen molar-refractivity contribution in [3.05, 3.63) is 29.8 Å². The first-order valence-corrected chi connectivity index (χ1v) is 9.22. The Balaban J connectivity index is 1.55. The normalized spacial score (nSPS) is 19.3. The molecule has 8 heteroatoms. The minimum atomic E-state index is -4.36. The van der Waals surface area contributed by atoms with E-state index in [1.165, 1.54) is 13.0 Å². The minimum Gasteiger partial charge on any atom is -0.368 e. The quantitative estimate of drug-likeness (QED) is 0.789. The first-order chi connectivity index (χ1) is 12.8. The molecule has 1 aromatic carbocycles. The van der Waals surface area contributed by atoms with Gasteiger partial charge in [0.05, 0.1) is 5.56 Å². The molecule has 0 radical (unpaired) electrons. The molecule has 0 spiro atoms. The molecule has 0 N–H and O–H groups in total. The van der Waals surface area contributed by atoms with Crippen molar-refractivity contribution in [3.63, 3.8) is 0 Å². The number of piperazine rings is 1. The van der Waals surface area contributed by atoms with Crippen LogP contribution in [0.25, 0.3) is 0 Å². The van der Waals surface area contributed by atoms with Gasteiger partial charge in [0, 0.05) is 57.8 Å². The number of hydrogen-bond acceptors (Lipinski definition) is 3. The molecule has 2 amide bonds. The summed E-state index contributed by atoms with van der Waals surface area (Å²) in [6.45, 7) is 4.78. The van der Waals surface area contributed by atoms with Crippen molar-refractivity contribution in [2.75, 3.05) is 44.2 Å². The van der Waals surface area contributed by atoms with Crippen molar-refractivity contribution < 1.29 is 22.8 Å². The second kappa shape index (κ2) is 7.78. The Kier molecular flexibility index (Phi) is 5.62. The van der Waals surface area contributed by atoms with E-state index < -0.39 is 11.7 Å². The van der Waals surface area contributed by atoms with Crippen LogP contribution >= 0.6 is 0 Å². The number of anilines is 1. The predicted molar refractivity (Wildman–Crippen MR) is 95.2 cm³/mol. The molecular weight excluding hydrogens is 359 g/mol. The zero-order valence-corrected chi connectivity index (χ0v) is 15.3. The molecule has 2 fully saturated rings. The fourth-order valence-electron chi connectivity index (χ4n) is 3.76. The maximum atomic E-state index is 12.9. The van der Waals surface area contributed by atoms with E-state index in [1.807, 2.05) is 4.90 Å². The topological polar surface area (TPSA) is 43.9 Å². The Bertz CT molecular complexity index is 692. The summed E-state index contributed by atoms with van der Waals surface area (Å²) in [6, 6.07) is 5.31. The van der Waals surface area contributed by atoms with Crippen LogP contribution in [0.1, 0.15) is 25.3 Å². The summed E-state index contributed by atoms with van der Waals surface area (Å²) < 4.78 is 38.7. The van der Waals surface area contributed by atoms with Crippen LogP contribution in [-0.2, 0) is 15.8 Å². The van der Waals surface area contributed by atoms with Gasteiger partial charge in [-0.25, -0.2) is 0 Å². The summed E-state index contributed by atoms with van der Waals surface area (Å²) in [5, 5.41) is 0. The molecule has 2 aliphatic heterocycles. The van der Waals surface area contributed by atoms with E-state index in [0.717, 1.165) is 12.1 Å². The lowest BCUT2D eigenvalue weighted by atomic mass is 9.95. The molecule has 2 heterocycles. The van der Waals surface area contributed by atoms with Gasteiger partial charge in [-0.3, -0.25) is 9.59 Å². The molecule has 0 aromatic heterocycles. The second-order valence-corrected chi connectivity index (χ2v) is 7.14. The molecule has 2 aliphatic rings. The van der Waals surface area contributed by atoms with E-state index in [0.29, 0.717) is 57.8 Å². The number of halogens is 3. The van der Waals surface area contributed by atoms with Crippen molar-refractivity contribution >= 4 is 17.5 Å². The zero-order valence-electron chi connectivity index (χ0n) is 15.3. The van der Waals surface area contributed by atoms with Crippen molar-refractivity contribution in [1.82, 2.24) is 9.80 Å². The highest BCUT2D eigenvalue weighted by Gasteiger charge is 2.33. The number of hydrogen-bond donors (Lipinski definition) is 0. The van der Waals surface area contributed by atoms with Crippen LogP contribution < -0.4 is 4.90 Å². The van der Waals surface area contributed by atoms with Gasteiger partial charge in [-0.15, -0.1) is 0 Å². The lowest BCUT2D eigenvalue weighted by Crippen LogP contribution is -2.52. The van der Waals surface area contributed by atoms with Crippen LogP contribution in [0.3, 0.4) is 0 Å². The van der Waals surface area contributed by atoms with Gasteiger partial charge in [-0.05, 0) is 31.0 Å². The smallest absolute Gasteiger partial charge is 0.368 e. The monoisotopic (exact) mass is 383 g/mol. The van der Waals surface area contributed by atoms with Crippen molar-refractivity contribution in [3.8, 4) is 0 Å². The van der Waals surface area contributed by atoms with Crippen molar-refractivity contribution in [1.29, 1.82) is 0 Å². The van der Waals surface area contributed by atoms with Crippen LogP contribution in [0.15, 0.2) is 24.3 Å². The Hall–Kier alpha value is -2.25. The predicted octanol–water partition coefficient (Wildman–Crippen LogP) is 2.61. The summed E-state index contributed by atoms with van der Waals surface area (Å²) >= 11 is 0. The van der Waals surface area contributed by atoms with Gasteiger partial charge >= 0.3 is 6.18 Å². The fourth-order valence-corrected chi connectivity index (χ4v) is 3.76. The Morgan fingerprint density at radius 3 is 2.15 bits per heavy atom. The zero-order chi connectivity index (χ0) is 19.6. The van der Waals surface area contributed by atoms with E-state index in [2.05, 4.69) is 0 Å². The Morgan fingerprint density at radius 2 is 1.59 bits per heavy atom. The number of nitrogens with zero attached hydrogens (tertiary/aromatic N) is 3. The number of carbonyl (C=O) groups is 2. The highest BCUT2D eigenvalue weighted by Crippen LogP contribution is 2.32. The number of likely N-dealkylation sites (tertiary alicyclic amines) is 1. The van der Waals surface area contributed by atoms with Gasteiger partial charge in [0.15, 0.2) is 0 Å². The molecule has 0 saturated carbocycles. The summed E-state index contributed by atoms with van der Waals surface area (Å²) in [5.74, 6) is 0.0678. The van der Waals surface area contributed by atoms with Crippen LogP contribution in [0.2, 0.25) is 0 Å². The van der Waals surface area contributed by atoms with Crippen molar-refractivity contribution in [2.24, 2.45) is 5.92 Å². The van der Waals surface area contributed by atoms with E-state index in [-0.39, 0.29) is 17.7 Å². The lowest BCUT2D eigenvalue weighted by molar-refractivity contribution is -0.140. The number of carbonyl (C=O) groups excluding carboxylic acids is 2. The van der Waals surface area contributed by atoms with Crippen LogP contribution in [-0.4, -0.2) is 60.9 Å². The highest BCUT2D eigenvalue weighted by atomic mass is 19.4. The number of piperidine rings is 1. The number of rotatable bonds is 2. The third-order valence-corrected chi connectivity index (χ3v) is 5.42. The average molecular weight is 383 g/mol. The number of amides is 2. The molecule has 5 nitrogen and oxygen atoms in total. The second-order valence-electron chi connectivity index (χ2n) is 7.14. The molecule has 0 unspecified atom stereocenters. The Morgan fingerprint density at radius 1 is 0.963 bits per heavy atom. The summed E-state index contributed by atoms with van der Waals surface area (Å²) in [5.41, 5.74) is -0.123. The first kappa shape index (κ1) is 19.5. The molecule has 148 valence electrons. The van der Waals surface area contributed by atoms with Gasteiger partial charge in [0.2, 0.25) is 11.8 Å². The van der Waals surface area contributed by atoms with Gasteiger partial charge in [-0.1, -0.05) is 6.07 Å². The third kappa shape index (κ3) is 4.54. The lowest BCUT2D eigenvalue weighted by Gasteiger charge is -2.39. The van der Waals surface area contributed by atoms with Crippen LogP contribution in [0.4, 0.5) is 18.9 Å². The molecule has 0 bridgehead atoms. The number of alkyl halides is 3. The molecule has 3 rings (SSSR count). The number of benzene rings is 1. The first-order valence-electron chi connectivity index (χ1n) is 9.22. The van der Waals surface area contributed by atoms with E-state index >= 15 is 0 Å². The third-order valence-electron chi connectivity index (χ3n) is 5.42. The van der Waals surface area contributed by atoms with E-state index in [9.17, 15) is 22.8 Å². The fraction of sp³-hybridized carbons (Fsp3) is 0.579.